The van der Waals surface area contributed by atoms with Crippen molar-refractivity contribution in [2.24, 2.45) is 5.73 Å². The molecule has 0 bridgehead atoms. The number of nitrogens with two attached hydrogens (primary N) is 1. The zero-order chi connectivity index (χ0) is 26.0. The van der Waals surface area contributed by atoms with Crippen molar-refractivity contribution in [1.82, 2.24) is 10.4 Å². The third-order valence-electron chi connectivity index (χ3n) is 5.60. The van der Waals surface area contributed by atoms with E-state index in [1.165, 1.54) is 32.4 Å². The van der Waals surface area contributed by atoms with Crippen LogP contribution in [0.3, 0.4) is 0 Å². The van der Waals surface area contributed by atoms with Crippen molar-refractivity contribution >= 4 is 29.2 Å². The molecule has 0 aliphatic carbocycles. The minimum absolute atomic E-state index is 0.115. The molecule has 184 valence electrons. The molecule has 1 unspecified atom stereocenters. The number of hydrogen-bond donors (Lipinski definition) is 4. The van der Waals surface area contributed by atoms with Crippen molar-refractivity contribution in [1.29, 1.82) is 5.41 Å². The highest BCUT2D eigenvalue weighted by Gasteiger charge is 2.38. The number of carbonyl (C=O) groups is 3. The Labute approximate surface area is 205 Å². The van der Waals surface area contributed by atoms with Gasteiger partial charge in [0.2, 0.25) is 0 Å². The summed E-state index contributed by atoms with van der Waals surface area (Å²) in [5, 5.41) is 11.0. The van der Waals surface area contributed by atoms with Gasteiger partial charge in [-0.1, -0.05) is 12.1 Å². The van der Waals surface area contributed by atoms with Gasteiger partial charge in [-0.3, -0.25) is 25.2 Å². The number of hydrogen-bond acceptors (Lipinski definition) is 7. The molecule has 11 heteroatoms. The van der Waals surface area contributed by atoms with E-state index in [1.54, 1.807) is 36.4 Å². The Morgan fingerprint density at radius 3 is 2.06 bits per heavy atom. The summed E-state index contributed by atoms with van der Waals surface area (Å²) >= 11 is 0. The molecular formula is C25H22FN5O5. The van der Waals surface area contributed by atoms with Crippen LogP contribution in [-0.2, 0) is 4.79 Å². The summed E-state index contributed by atoms with van der Waals surface area (Å²) in [6, 6.07) is 13.3. The Kier molecular flexibility index (Phi) is 6.55. The molecule has 10 nitrogen and oxygen atoms in total. The Bertz CT molecular complexity index is 1340. The maximum atomic E-state index is 15.2. The largest absolute Gasteiger partial charge is 0.493 e. The molecule has 3 aromatic rings. The van der Waals surface area contributed by atoms with E-state index in [4.69, 9.17) is 20.6 Å². The number of nitrogens with zero attached hydrogens (tertiary/aromatic N) is 1. The number of fused-ring (bicyclic) bond motifs is 1. The van der Waals surface area contributed by atoms with E-state index in [1.807, 2.05) is 0 Å². The molecule has 1 aliphatic heterocycles. The van der Waals surface area contributed by atoms with Crippen molar-refractivity contribution in [3.05, 3.63) is 88.7 Å². The summed E-state index contributed by atoms with van der Waals surface area (Å²) in [6.07, 6.45) is 0. The van der Waals surface area contributed by atoms with Crippen LogP contribution in [0.25, 0.3) is 0 Å². The van der Waals surface area contributed by atoms with Gasteiger partial charge < -0.3 is 20.5 Å². The van der Waals surface area contributed by atoms with Crippen molar-refractivity contribution in [2.75, 3.05) is 19.5 Å². The van der Waals surface area contributed by atoms with E-state index < -0.39 is 29.6 Å². The lowest BCUT2D eigenvalue weighted by atomic mass is 10.0. The molecule has 0 radical (unpaired) electrons. The average Bonchev–Trinajstić information content (AvgIpc) is 3.12. The zero-order valence-electron chi connectivity index (χ0n) is 19.3. The molecule has 4 rings (SSSR count). The second-order valence-corrected chi connectivity index (χ2v) is 7.76. The highest BCUT2D eigenvalue weighted by atomic mass is 19.1. The van der Waals surface area contributed by atoms with Gasteiger partial charge in [0, 0.05) is 22.9 Å². The maximum absolute atomic E-state index is 15.2. The number of amides is 3. The van der Waals surface area contributed by atoms with Gasteiger partial charge >= 0.3 is 0 Å². The number of methoxy groups -OCH3 is 2. The van der Waals surface area contributed by atoms with Crippen LogP contribution in [0.4, 0.5) is 10.1 Å². The van der Waals surface area contributed by atoms with Crippen LogP contribution < -0.4 is 25.9 Å². The summed E-state index contributed by atoms with van der Waals surface area (Å²) in [5.74, 6) is -2.95. The lowest BCUT2D eigenvalue weighted by Crippen LogP contribution is -2.48. The van der Waals surface area contributed by atoms with Crippen molar-refractivity contribution in [3.8, 4) is 11.5 Å². The molecule has 3 amide bonds. The average molecular weight is 491 g/mol. The number of carbonyl (C=O) groups excluding carboxylic acids is 3. The SMILES string of the molecule is COc1cc(F)c(C(Nc2ccc(C(=N)N)cc2)C(=O)NN2C(=O)c3ccccc3C2=O)cc1OC. The van der Waals surface area contributed by atoms with Gasteiger partial charge in [-0.15, -0.1) is 0 Å². The number of nitrogen functional groups attached to an aromatic ring is 1. The normalized spacial score (nSPS) is 13.1. The third kappa shape index (κ3) is 4.41. The highest BCUT2D eigenvalue weighted by Crippen LogP contribution is 2.34. The fourth-order valence-electron chi connectivity index (χ4n) is 3.75. The second-order valence-electron chi connectivity index (χ2n) is 7.76. The van der Waals surface area contributed by atoms with Crippen LogP contribution >= 0.6 is 0 Å². The molecule has 0 saturated carbocycles. The van der Waals surface area contributed by atoms with Crippen molar-refractivity contribution in [2.45, 2.75) is 6.04 Å². The van der Waals surface area contributed by atoms with Crippen LogP contribution in [0, 0.1) is 11.2 Å². The lowest BCUT2D eigenvalue weighted by Gasteiger charge is -2.24. The predicted molar refractivity (Wildman–Crippen MR) is 128 cm³/mol. The molecule has 0 saturated heterocycles. The molecule has 0 spiro atoms. The van der Waals surface area contributed by atoms with Crippen molar-refractivity contribution in [3.63, 3.8) is 0 Å². The third-order valence-corrected chi connectivity index (χ3v) is 5.60. The Balaban J connectivity index is 1.70. The Morgan fingerprint density at radius 2 is 1.53 bits per heavy atom. The number of nitrogens with one attached hydrogen (secondary N) is 3. The fourth-order valence-corrected chi connectivity index (χ4v) is 3.75. The minimum atomic E-state index is -1.41. The van der Waals surface area contributed by atoms with Crippen LogP contribution in [0.5, 0.6) is 11.5 Å². The fraction of sp³-hybridized carbons (Fsp3) is 0.120. The minimum Gasteiger partial charge on any atom is -0.493 e. The van der Waals surface area contributed by atoms with Crippen LogP contribution in [0.2, 0.25) is 0 Å². The number of halogens is 1. The summed E-state index contributed by atoms with van der Waals surface area (Å²) < 4.78 is 25.5. The van der Waals surface area contributed by atoms with E-state index in [0.717, 1.165) is 6.07 Å². The van der Waals surface area contributed by atoms with E-state index in [2.05, 4.69) is 10.7 Å². The number of rotatable bonds is 8. The zero-order valence-corrected chi connectivity index (χ0v) is 19.3. The first-order valence-electron chi connectivity index (χ1n) is 10.7. The lowest BCUT2D eigenvalue weighted by molar-refractivity contribution is -0.125. The number of amidine groups is 1. The monoisotopic (exact) mass is 491 g/mol. The molecule has 5 N–H and O–H groups in total. The summed E-state index contributed by atoms with van der Waals surface area (Å²) in [6.45, 7) is 0. The van der Waals surface area contributed by atoms with Crippen LogP contribution in [0.1, 0.15) is 37.9 Å². The van der Waals surface area contributed by atoms with Gasteiger partial charge in [0.25, 0.3) is 17.7 Å². The van der Waals surface area contributed by atoms with E-state index in [0.29, 0.717) is 16.3 Å². The first kappa shape index (κ1) is 24.2. The van der Waals surface area contributed by atoms with Gasteiger partial charge in [-0.05, 0) is 42.5 Å². The van der Waals surface area contributed by atoms with Gasteiger partial charge in [-0.25, -0.2) is 4.39 Å². The molecule has 36 heavy (non-hydrogen) atoms. The van der Waals surface area contributed by atoms with E-state index >= 15 is 4.39 Å². The molecule has 1 atom stereocenters. The Morgan fingerprint density at radius 1 is 0.972 bits per heavy atom. The summed E-state index contributed by atoms with van der Waals surface area (Å²) in [7, 11) is 2.71. The number of benzene rings is 3. The Hall–Kier alpha value is -4.93. The van der Waals surface area contributed by atoms with Gasteiger partial charge in [0.1, 0.15) is 17.7 Å². The molecular weight excluding hydrogens is 469 g/mol. The topological polar surface area (TPSA) is 147 Å². The molecule has 0 aromatic heterocycles. The number of imide groups is 1. The number of hydrazine groups is 1. The van der Waals surface area contributed by atoms with E-state index in [9.17, 15) is 14.4 Å². The van der Waals surface area contributed by atoms with Crippen molar-refractivity contribution < 1.29 is 28.2 Å². The van der Waals surface area contributed by atoms with Crippen LogP contribution in [0.15, 0.2) is 60.7 Å². The molecule has 3 aromatic carbocycles. The maximum Gasteiger partial charge on any atom is 0.280 e. The predicted octanol–water partition coefficient (Wildman–Crippen LogP) is 2.61. The van der Waals surface area contributed by atoms with Gasteiger partial charge in [0.15, 0.2) is 11.5 Å². The summed E-state index contributed by atoms with van der Waals surface area (Å²) in [5.41, 5.74) is 8.79. The van der Waals surface area contributed by atoms with Gasteiger partial charge in [0.05, 0.1) is 25.3 Å². The molecule has 1 aliphatic rings. The second kappa shape index (κ2) is 9.74. The summed E-state index contributed by atoms with van der Waals surface area (Å²) in [4.78, 5) is 38.9. The van der Waals surface area contributed by atoms with Crippen LogP contribution in [-0.4, -0.2) is 42.8 Å². The molecule has 0 fully saturated rings. The standard InChI is InChI=1S/C25H22FN5O5/c1-35-19-11-17(18(26)12-20(19)36-2)21(29-14-9-7-13(8-10-14)22(27)28)23(32)30-31-24(33)15-5-3-4-6-16(15)25(31)34/h3-12,21,29H,1-2H3,(H3,27,28)(H,30,32). The quantitative estimate of drug-likeness (QED) is 0.215. The number of anilines is 1. The number of ether oxygens (including phenoxy) is 2. The van der Waals surface area contributed by atoms with E-state index in [-0.39, 0.29) is 34.0 Å². The first-order valence-corrected chi connectivity index (χ1v) is 10.7. The smallest absolute Gasteiger partial charge is 0.280 e. The first-order chi connectivity index (χ1) is 17.2. The van der Waals surface area contributed by atoms with Gasteiger partial charge in [-0.2, -0.15) is 5.01 Å². The molecule has 1 heterocycles. The highest BCUT2D eigenvalue weighted by molar-refractivity contribution is 6.21.